The van der Waals surface area contributed by atoms with Gasteiger partial charge in [-0.05, 0) is 25.1 Å². The van der Waals surface area contributed by atoms with E-state index in [0.717, 1.165) is 0 Å². The summed E-state index contributed by atoms with van der Waals surface area (Å²) in [5.41, 5.74) is 0.895. The molecule has 1 heterocycles. The van der Waals surface area contributed by atoms with Crippen LogP contribution in [0.1, 0.15) is 49.3 Å². The molecule has 2 aromatic carbocycles. The molecule has 0 aliphatic heterocycles. The highest BCUT2D eigenvalue weighted by molar-refractivity contribution is 6.33. The van der Waals surface area contributed by atoms with Crippen molar-refractivity contribution in [2.24, 2.45) is 0 Å². The minimum Gasteiger partial charge on any atom is -0.462 e. The largest absolute Gasteiger partial charge is 0.462 e. The maximum Gasteiger partial charge on any atom is 0.339 e. The van der Waals surface area contributed by atoms with Crippen molar-refractivity contribution in [2.45, 2.75) is 6.92 Å². The Morgan fingerprint density at radius 3 is 2.46 bits per heavy atom. The third-order valence-electron chi connectivity index (χ3n) is 4.29. The number of carbonyl (C=O) groups excluding carboxylic acids is 3. The second kappa shape index (κ2) is 6.04. The number of pyridine rings is 1. The highest BCUT2D eigenvalue weighted by atomic mass is 35.5. The quantitative estimate of drug-likeness (QED) is 0.504. The van der Waals surface area contributed by atoms with Gasteiger partial charge in [0.2, 0.25) is 5.78 Å². The number of carbonyl (C=O) groups is 3. The summed E-state index contributed by atoms with van der Waals surface area (Å²) in [4.78, 5) is 43.0. The van der Waals surface area contributed by atoms with Gasteiger partial charge in [-0.3, -0.25) is 9.59 Å². The van der Waals surface area contributed by atoms with Crippen molar-refractivity contribution in [3.8, 4) is 0 Å². The van der Waals surface area contributed by atoms with Crippen molar-refractivity contribution in [1.82, 2.24) is 4.98 Å². The summed E-state index contributed by atoms with van der Waals surface area (Å²) >= 11 is 6.07. The van der Waals surface area contributed by atoms with E-state index in [0.29, 0.717) is 15.9 Å². The van der Waals surface area contributed by atoms with E-state index >= 15 is 0 Å². The van der Waals surface area contributed by atoms with Gasteiger partial charge in [-0.15, -0.1) is 0 Å². The van der Waals surface area contributed by atoms with E-state index in [1.807, 2.05) is 0 Å². The highest BCUT2D eigenvalue weighted by Crippen LogP contribution is 2.33. The van der Waals surface area contributed by atoms with Crippen molar-refractivity contribution in [3.05, 3.63) is 75.4 Å². The first-order valence-corrected chi connectivity index (χ1v) is 8.39. The number of hydrogen-bond acceptors (Lipinski definition) is 5. The second-order valence-electron chi connectivity index (χ2n) is 5.80. The normalized spacial score (nSPS) is 12.7. The molecule has 0 fully saturated rings. The number of esters is 1. The fraction of sp³-hybridized carbons (Fsp3) is 0.100. The summed E-state index contributed by atoms with van der Waals surface area (Å²) in [5.74, 6) is -1.50. The summed E-state index contributed by atoms with van der Waals surface area (Å²) in [5, 5.41) is 0.773. The zero-order valence-corrected chi connectivity index (χ0v) is 14.5. The Labute approximate surface area is 153 Å². The monoisotopic (exact) mass is 365 g/mol. The van der Waals surface area contributed by atoms with Crippen molar-refractivity contribution in [1.29, 1.82) is 0 Å². The predicted octanol–water partition coefficient (Wildman–Crippen LogP) is 3.84. The Morgan fingerprint density at radius 2 is 1.77 bits per heavy atom. The molecule has 0 radical (unpaired) electrons. The van der Waals surface area contributed by atoms with Crippen molar-refractivity contribution in [3.63, 3.8) is 0 Å². The number of nitrogens with zero attached hydrogens (tertiary/aromatic N) is 1. The zero-order valence-electron chi connectivity index (χ0n) is 13.7. The Bertz CT molecular complexity index is 1120. The average Bonchev–Trinajstić information content (AvgIpc) is 2.64. The molecule has 0 N–H and O–H groups in total. The third kappa shape index (κ3) is 2.32. The smallest absolute Gasteiger partial charge is 0.339 e. The molecule has 0 spiro atoms. The van der Waals surface area contributed by atoms with E-state index < -0.39 is 17.5 Å². The summed E-state index contributed by atoms with van der Waals surface area (Å²) < 4.78 is 5.14. The maximum absolute atomic E-state index is 13.1. The van der Waals surface area contributed by atoms with Gasteiger partial charge in [-0.25, -0.2) is 9.78 Å². The summed E-state index contributed by atoms with van der Waals surface area (Å²) in [6, 6.07) is 11.3. The molecule has 1 aliphatic rings. The number of rotatable bonds is 2. The third-order valence-corrected chi connectivity index (χ3v) is 4.52. The lowest BCUT2D eigenvalue weighted by atomic mass is 9.83. The average molecular weight is 366 g/mol. The molecule has 26 heavy (non-hydrogen) atoms. The molecule has 0 amide bonds. The standard InChI is InChI=1S/C20H12ClNO4/c1-2-26-20(25)15-13-9-10(21)7-8-14(13)22-17-16(15)18(23)11-5-3-4-6-12(11)19(17)24/h3-9H,2H2,1H3. The Hall–Kier alpha value is -3.05. The summed E-state index contributed by atoms with van der Waals surface area (Å²) in [6.07, 6.45) is 0. The topological polar surface area (TPSA) is 73.3 Å². The van der Waals surface area contributed by atoms with Crippen LogP contribution in [0.15, 0.2) is 42.5 Å². The molecule has 5 nitrogen and oxygen atoms in total. The molecule has 1 aromatic heterocycles. The molecule has 128 valence electrons. The lowest BCUT2D eigenvalue weighted by Gasteiger charge is -2.20. The Kier molecular flexibility index (Phi) is 3.81. The van der Waals surface area contributed by atoms with Gasteiger partial charge in [0.1, 0.15) is 5.69 Å². The number of aromatic nitrogens is 1. The molecular weight excluding hydrogens is 354 g/mol. The van der Waals surface area contributed by atoms with E-state index in [2.05, 4.69) is 4.98 Å². The summed E-state index contributed by atoms with van der Waals surface area (Å²) in [6.45, 7) is 1.81. The minimum atomic E-state index is -0.682. The molecular formula is C20H12ClNO4. The number of ketones is 2. The van der Waals surface area contributed by atoms with Gasteiger partial charge >= 0.3 is 5.97 Å². The zero-order chi connectivity index (χ0) is 18.4. The SMILES string of the molecule is CCOC(=O)c1c2c(nc3ccc(Cl)cc13)C(=O)c1ccccc1C2=O. The molecule has 4 rings (SSSR count). The molecule has 6 heteroatoms. The number of ether oxygens (including phenoxy) is 1. The molecule has 0 unspecified atom stereocenters. The van der Waals surface area contributed by atoms with E-state index in [1.54, 1.807) is 49.4 Å². The molecule has 3 aromatic rings. The van der Waals surface area contributed by atoms with Crippen LogP contribution in [-0.2, 0) is 4.74 Å². The van der Waals surface area contributed by atoms with Gasteiger partial charge in [0.15, 0.2) is 5.78 Å². The first-order valence-electron chi connectivity index (χ1n) is 8.01. The van der Waals surface area contributed by atoms with Crippen LogP contribution in [0.4, 0.5) is 0 Å². The van der Waals surface area contributed by atoms with Crippen LogP contribution < -0.4 is 0 Å². The highest BCUT2D eigenvalue weighted by Gasteiger charge is 2.36. The molecule has 1 aliphatic carbocycles. The maximum atomic E-state index is 13.1. The van der Waals surface area contributed by atoms with E-state index in [4.69, 9.17) is 16.3 Å². The number of fused-ring (bicyclic) bond motifs is 3. The van der Waals surface area contributed by atoms with Gasteiger partial charge in [-0.2, -0.15) is 0 Å². The molecule has 0 atom stereocenters. The van der Waals surface area contributed by atoms with Crippen molar-refractivity contribution in [2.75, 3.05) is 6.61 Å². The van der Waals surface area contributed by atoms with Crippen LogP contribution in [0.3, 0.4) is 0 Å². The van der Waals surface area contributed by atoms with Gasteiger partial charge in [0.05, 0.1) is 23.3 Å². The number of hydrogen-bond donors (Lipinski definition) is 0. The van der Waals surface area contributed by atoms with Crippen LogP contribution in [-0.4, -0.2) is 29.1 Å². The van der Waals surface area contributed by atoms with Gasteiger partial charge < -0.3 is 4.74 Å². The second-order valence-corrected chi connectivity index (χ2v) is 6.23. The van der Waals surface area contributed by atoms with Crippen LogP contribution in [0.5, 0.6) is 0 Å². The molecule has 0 saturated carbocycles. The minimum absolute atomic E-state index is 0.0260. The Morgan fingerprint density at radius 1 is 1.08 bits per heavy atom. The van der Waals surface area contributed by atoms with Crippen molar-refractivity contribution < 1.29 is 19.1 Å². The van der Waals surface area contributed by atoms with Gasteiger partial charge in [0, 0.05) is 21.5 Å². The van der Waals surface area contributed by atoms with Crippen molar-refractivity contribution >= 4 is 40.0 Å². The van der Waals surface area contributed by atoms with E-state index in [9.17, 15) is 14.4 Å². The lowest BCUT2D eigenvalue weighted by Crippen LogP contribution is -2.26. The predicted molar refractivity (Wildman–Crippen MR) is 96.0 cm³/mol. The fourth-order valence-corrected chi connectivity index (χ4v) is 3.35. The first kappa shape index (κ1) is 16.4. The van der Waals surface area contributed by atoms with E-state index in [-0.39, 0.29) is 34.6 Å². The van der Waals surface area contributed by atoms with Crippen LogP contribution in [0.25, 0.3) is 10.9 Å². The van der Waals surface area contributed by atoms with Crippen LogP contribution in [0.2, 0.25) is 5.02 Å². The van der Waals surface area contributed by atoms with Crippen LogP contribution >= 0.6 is 11.6 Å². The van der Waals surface area contributed by atoms with Crippen LogP contribution in [0, 0.1) is 0 Å². The lowest BCUT2D eigenvalue weighted by molar-refractivity contribution is 0.0525. The number of halogens is 1. The summed E-state index contributed by atoms with van der Waals surface area (Å²) in [7, 11) is 0. The van der Waals surface area contributed by atoms with Gasteiger partial charge in [-0.1, -0.05) is 35.9 Å². The Balaban J connectivity index is 2.13. The van der Waals surface area contributed by atoms with E-state index in [1.165, 1.54) is 0 Å². The molecule has 0 bridgehead atoms. The fourth-order valence-electron chi connectivity index (χ4n) is 3.18. The molecule has 0 saturated heterocycles. The first-order chi connectivity index (χ1) is 12.5. The van der Waals surface area contributed by atoms with Gasteiger partial charge in [0.25, 0.3) is 0 Å². The number of benzene rings is 2.